The topological polar surface area (TPSA) is 53.2 Å². The third kappa shape index (κ3) is 4.04. The fourth-order valence-electron chi connectivity index (χ4n) is 1.02. The van der Waals surface area contributed by atoms with Crippen LogP contribution in [0.1, 0.15) is 12.5 Å². The molecule has 0 radical (unpaired) electrons. The second-order valence-electron chi connectivity index (χ2n) is 3.24. The Morgan fingerprint density at radius 1 is 1.38 bits per heavy atom. The number of carbonyl (C=O) groups is 1. The van der Waals surface area contributed by atoms with Gasteiger partial charge < -0.3 is 5.32 Å². The zero-order valence-corrected chi connectivity index (χ0v) is 10.5. The normalized spacial score (nSPS) is 9.44. The molecule has 0 saturated heterocycles. The van der Waals surface area contributed by atoms with Crippen LogP contribution in [0.4, 0.5) is 5.69 Å². The quantitative estimate of drug-likeness (QED) is 0.532. The number of benzene rings is 1. The van der Waals surface area contributed by atoms with E-state index in [9.17, 15) is 4.79 Å². The van der Waals surface area contributed by atoms with Gasteiger partial charge in [0.15, 0.2) is 5.11 Å². The molecule has 1 aromatic carbocycles. The van der Waals surface area contributed by atoms with Gasteiger partial charge in [-0.2, -0.15) is 0 Å². The van der Waals surface area contributed by atoms with Gasteiger partial charge in [0.1, 0.15) is 0 Å². The number of nitrogens with one attached hydrogen (secondary N) is 3. The minimum atomic E-state index is -0.223. The number of hydrogen-bond donors (Lipinski definition) is 3. The van der Waals surface area contributed by atoms with E-state index >= 15 is 0 Å². The van der Waals surface area contributed by atoms with Gasteiger partial charge in [-0.25, -0.2) is 0 Å². The second-order valence-corrected chi connectivity index (χ2v) is 4.06. The van der Waals surface area contributed by atoms with Crippen LogP contribution in [0.2, 0.25) is 5.02 Å². The summed E-state index contributed by atoms with van der Waals surface area (Å²) in [5.74, 6) is -0.223. The lowest BCUT2D eigenvalue weighted by Crippen LogP contribution is -2.42. The number of hydrogen-bond acceptors (Lipinski definition) is 2. The standard InChI is InChI=1S/C10H12ClN3OS/c1-6-3-4-9(8(11)5-6)12-10(16)14-13-7(2)15/h3-5H,1-2H3,(H,13,15)(H2,12,14,16). The molecule has 0 saturated carbocycles. The fraction of sp³-hybridized carbons (Fsp3) is 0.200. The average molecular weight is 258 g/mol. The van der Waals surface area contributed by atoms with Crippen molar-refractivity contribution in [2.45, 2.75) is 13.8 Å². The molecular formula is C10H12ClN3OS. The van der Waals surface area contributed by atoms with Crippen LogP contribution in [0.5, 0.6) is 0 Å². The average Bonchev–Trinajstić information content (AvgIpc) is 2.19. The third-order valence-corrected chi connectivity index (χ3v) is 2.24. The number of aryl methyl sites for hydroxylation is 1. The van der Waals surface area contributed by atoms with Crippen LogP contribution < -0.4 is 16.2 Å². The number of amides is 1. The van der Waals surface area contributed by atoms with Crippen LogP contribution in [-0.2, 0) is 4.79 Å². The highest BCUT2D eigenvalue weighted by Gasteiger charge is 2.02. The highest BCUT2D eigenvalue weighted by molar-refractivity contribution is 7.80. The Hall–Kier alpha value is -1.33. The molecule has 0 bridgehead atoms. The smallest absolute Gasteiger partial charge is 0.235 e. The Bertz CT molecular complexity index is 423. The number of hydrazine groups is 1. The molecule has 0 aliphatic carbocycles. The van der Waals surface area contributed by atoms with E-state index in [2.05, 4.69) is 16.2 Å². The molecule has 4 nitrogen and oxygen atoms in total. The zero-order chi connectivity index (χ0) is 12.1. The van der Waals surface area contributed by atoms with Gasteiger partial charge in [-0.15, -0.1) is 0 Å². The predicted molar refractivity (Wildman–Crippen MR) is 69.4 cm³/mol. The Kier molecular flexibility index (Phi) is 4.52. The lowest BCUT2D eigenvalue weighted by Gasteiger charge is -2.11. The zero-order valence-electron chi connectivity index (χ0n) is 8.93. The summed E-state index contributed by atoms with van der Waals surface area (Å²) in [6, 6.07) is 5.56. The van der Waals surface area contributed by atoms with Gasteiger partial charge in [0.2, 0.25) is 5.91 Å². The maximum atomic E-state index is 10.6. The van der Waals surface area contributed by atoms with Gasteiger partial charge in [0.05, 0.1) is 10.7 Å². The molecule has 1 amide bonds. The molecule has 0 aromatic heterocycles. The molecule has 16 heavy (non-hydrogen) atoms. The van der Waals surface area contributed by atoms with Crippen molar-refractivity contribution in [3.8, 4) is 0 Å². The summed E-state index contributed by atoms with van der Waals surface area (Å²) in [6.45, 7) is 3.33. The molecule has 0 spiro atoms. The molecule has 3 N–H and O–H groups in total. The molecule has 0 aliphatic heterocycles. The van der Waals surface area contributed by atoms with Crippen LogP contribution in [0.3, 0.4) is 0 Å². The van der Waals surface area contributed by atoms with E-state index < -0.39 is 0 Å². The Morgan fingerprint density at radius 2 is 2.06 bits per heavy atom. The van der Waals surface area contributed by atoms with Crippen molar-refractivity contribution in [2.75, 3.05) is 5.32 Å². The first-order valence-electron chi connectivity index (χ1n) is 4.59. The monoisotopic (exact) mass is 257 g/mol. The second kappa shape index (κ2) is 5.67. The Balaban J connectivity index is 2.59. The summed E-state index contributed by atoms with van der Waals surface area (Å²) in [6.07, 6.45) is 0. The third-order valence-electron chi connectivity index (χ3n) is 1.72. The van der Waals surface area contributed by atoms with Crippen molar-refractivity contribution in [3.05, 3.63) is 28.8 Å². The minimum absolute atomic E-state index is 0.223. The molecular weight excluding hydrogens is 246 g/mol. The summed E-state index contributed by atoms with van der Waals surface area (Å²) in [5.41, 5.74) is 6.65. The molecule has 0 aliphatic rings. The summed E-state index contributed by atoms with van der Waals surface area (Å²) in [5, 5.41) is 3.72. The molecule has 6 heteroatoms. The number of carbonyl (C=O) groups excluding carboxylic acids is 1. The number of halogens is 1. The number of thiocarbonyl (C=S) groups is 1. The number of rotatable bonds is 1. The lowest BCUT2D eigenvalue weighted by atomic mass is 10.2. The van der Waals surface area contributed by atoms with E-state index in [0.717, 1.165) is 5.56 Å². The van der Waals surface area contributed by atoms with Gasteiger partial charge in [0, 0.05) is 6.92 Å². The van der Waals surface area contributed by atoms with Crippen molar-refractivity contribution in [2.24, 2.45) is 0 Å². The summed E-state index contributed by atoms with van der Waals surface area (Å²) < 4.78 is 0. The van der Waals surface area contributed by atoms with E-state index in [4.69, 9.17) is 23.8 Å². The fourth-order valence-corrected chi connectivity index (χ4v) is 1.46. The molecule has 0 heterocycles. The van der Waals surface area contributed by atoms with Gasteiger partial charge in [-0.1, -0.05) is 17.7 Å². The first-order chi connectivity index (χ1) is 7.49. The molecule has 1 aromatic rings. The Labute approximate surface area is 104 Å². The maximum Gasteiger partial charge on any atom is 0.235 e. The summed E-state index contributed by atoms with van der Waals surface area (Å²) >= 11 is 11.0. The van der Waals surface area contributed by atoms with Gasteiger partial charge in [-0.3, -0.25) is 15.6 Å². The van der Waals surface area contributed by atoms with Gasteiger partial charge >= 0.3 is 0 Å². The predicted octanol–water partition coefficient (Wildman–Crippen LogP) is 1.99. The first kappa shape index (κ1) is 12.7. The van der Waals surface area contributed by atoms with Crippen LogP contribution in [0, 0.1) is 6.92 Å². The largest absolute Gasteiger partial charge is 0.330 e. The van der Waals surface area contributed by atoms with Crippen LogP contribution in [0.15, 0.2) is 18.2 Å². The maximum absolute atomic E-state index is 10.6. The summed E-state index contributed by atoms with van der Waals surface area (Å²) in [7, 11) is 0. The van der Waals surface area contributed by atoms with E-state index in [1.807, 2.05) is 25.1 Å². The minimum Gasteiger partial charge on any atom is -0.330 e. The molecule has 1 rings (SSSR count). The van der Waals surface area contributed by atoms with Crippen molar-refractivity contribution >= 4 is 40.5 Å². The van der Waals surface area contributed by atoms with Crippen LogP contribution in [0.25, 0.3) is 0 Å². The molecule has 0 atom stereocenters. The SMILES string of the molecule is CC(=O)NNC(=S)Nc1ccc(C)cc1Cl. The van der Waals surface area contributed by atoms with Crippen LogP contribution in [-0.4, -0.2) is 11.0 Å². The van der Waals surface area contributed by atoms with Crippen LogP contribution >= 0.6 is 23.8 Å². The van der Waals surface area contributed by atoms with Crippen molar-refractivity contribution in [1.29, 1.82) is 0 Å². The highest BCUT2D eigenvalue weighted by Crippen LogP contribution is 2.22. The summed E-state index contributed by atoms with van der Waals surface area (Å²) in [4.78, 5) is 10.6. The van der Waals surface area contributed by atoms with E-state index in [1.165, 1.54) is 6.92 Å². The van der Waals surface area contributed by atoms with Crippen molar-refractivity contribution in [1.82, 2.24) is 10.9 Å². The molecule has 0 unspecified atom stereocenters. The molecule has 0 fully saturated rings. The highest BCUT2D eigenvalue weighted by atomic mass is 35.5. The lowest BCUT2D eigenvalue weighted by molar-refractivity contribution is -0.119. The van der Waals surface area contributed by atoms with E-state index in [-0.39, 0.29) is 11.0 Å². The van der Waals surface area contributed by atoms with Gasteiger partial charge in [0.25, 0.3) is 0 Å². The Morgan fingerprint density at radius 3 is 2.62 bits per heavy atom. The van der Waals surface area contributed by atoms with E-state index in [1.54, 1.807) is 0 Å². The van der Waals surface area contributed by atoms with E-state index in [0.29, 0.717) is 10.7 Å². The van der Waals surface area contributed by atoms with Gasteiger partial charge in [-0.05, 0) is 36.8 Å². The van der Waals surface area contributed by atoms with Crippen molar-refractivity contribution < 1.29 is 4.79 Å². The molecule has 86 valence electrons. The first-order valence-corrected chi connectivity index (χ1v) is 5.37. The van der Waals surface area contributed by atoms with Crippen molar-refractivity contribution in [3.63, 3.8) is 0 Å². The number of anilines is 1.